The van der Waals surface area contributed by atoms with E-state index in [4.69, 9.17) is 5.73 Å². The molecule has 2 amide bonds. The van der Waals surface area contributed by atoms with Crippen LogP contribution in [0.2, 0.25) is 0 Å². The van der Waals surface area contributed by atoms with Crippen molar-refractivity contribution in [2.45, 2.75) is 38.8 Å². The fourth-order valence-corrected chi connectivity index (χ4v) is 3.80. The van der Waals surface area contributed by atoms with Crippen LogP contribution in [0, 0.1) is 6.92 Å². The second-order valence-electron chi connectivity index (χ2n) is 8.78. The van der Waals surface area contributed by atoms with E-state index in [9.17, 15) is 9.59 Å². The number of carbonyl (C=O) groups is 2. The zero-order valence-electron chi connectivity index (χ0n) is 18.4. The minimum absolute atomic E-state index is 0.108. The average Bonchev–Trinajstić information content (AvgIpc) is 3.56. The van der Waals surface area contributed by atoms with Crippen molar-refractivity contribution in [2.75, 3.05) is 42.6 Å². The number of aryl methyl sites for hydroxylation is 1. The van der Waals surface area contributed by atoms with E-state index in [0.717, 1.165) is 43.7 Å². The first-order valence-corrected chi connectivity index (χ1v) is 10.9. The Morgan fingerprint density at radius 3 is 2.55 bits per heavy atom. The van der Waals surface area contributed by atoms with Gasteiger partial charge in [0.15, 0.2) is 0 Å². The number of carbonyl (C=O) groups excluding carboxylic acids is 2. The highest BCUT2D eigenvalue weighted by atomic mass is 16.2. The lowest BCUT2D eigenvalue weighted by atomic mass is 10.1. The van der Waals surface area contributed by atoms with Crippen LogP contribution in [-0.2, 0) is 0 Å². The SMILES string of the molecule is Cc1ccc(C(=O)NC2CC2)cc1NC(=O)c1cc(N2CCN(C)[C@H](C)C2)ccc1N. The number of nitrogens with zero attached hydrogens (tertiary/aromatic N) is 2. The third-order valence-corrected chi connectivity index (χ3v) is 6.27. The van der Waals surface area contributed by atoms with Gasteiger partial charge >= 0.3 is 0 Å². The average molecular weight is 422 g/mol. The predicted octanol–water partition coefficient (Wildman–Crippen LogP) is 2.86. The van der Waals surface area contributed by atoms with Gasteiger partial charge in [0, 0.05) is 54.3 Å². The van der Waals surface area contributed by atoms with Crippen molar-refractivity contribution in [2.24, 2.45) is 0 Å². The van der Waals surface area contributed by atoms with E-state index in [1.165, 1.54) is 0 Å². The van der Waals surface area contributed by atoms with E-state index >= 15 is 0 Å². The molecular weight excluding hydrogens is 390 g/mol. The van der Waals surface area contributed by atoms with Crippen molar-refractivity contribution in [3.63, 3.8) is 0 Å². The highest BCUT2D eigenvalue weighted by Gasteiger charge is 2.25. The fourth-order valence-electron chi connectivity index (χ4n) is 3.80. The highest BCUT2D eigenvalue weighted by molar-refractivity contribution is 6.09. The molecule has 2 aliphatic rings. The lowest BCUT2D eigenvalue weighted by Gasteiger charge is -2.39. The summed E-state index contributed by atoms with van der Waals surface area (Å²) in [6.07, 6.45) is 2.06. The molecule has 1 saturated carbocycles. The molecule has 1 atom stereocenters. The summed E-state index contributed by atoms with van der Waals surface area (Å²) in [5.74, 6) is -0.381. The summed E-state index contributed by atoms with van der Waals surface area (Å²) in [5.41, 5.74) is 10.1. The van der Waals surface area contributed by atoms with E-state index < -0.39 is 0 Å². The van der Waals surface area contributed by atoms with Gasteiger partial charge in [0.2, 0.25) is 0 Å². The molecule has 0 bridgehead atoms. The molecule has 31 heavy (non-hydrogen) atoms. The van der Waals surface area contributed by atoms with Crippen LogP contribution in [0.4, 0.5) is 17.1 Å². The summed E-state index contributed by atoms with van der Waals surface area (Å²) in [6, 6.07) is 11.7. The van der Waals surface area contributed by atoms with Crippen LogP contribution >= 0.6 is 0 Å². The minimum atomic E-state index is -0.274. The van der Waals surface area contributed by atoms with Gasteiger partial charge in [-0.2, -0.15) is 0 Å². The molecule has 1 aliphatic heterocycles. The van der Waals surface area contributed by atoms with Gasteiger partial charge in [0.25, 0.3) is 11.8 Å². The number of nitrogen functional groups attached to an aromatic ring is 1. The van der Waals surface area contributed by atoms with Gasteiger partial charge in [-0.3, -0.25) is 9.59 Å². The summed E-state index contributed by atoms with van der Waals surface area (Å²) >= 11 is 0. The van der Waals surface area contributed by atoms with E-state index in [-0.39, 0.29) is 17.9 Å². The molecule has 0 unspecified atom stereocenters. The van der Waals surface area contributed by atoms with Crippen molar-refractivity contribution in [1.29, 1.82) is 0 Å². The van der Waals surface area contributed by atoms with Gasteiger partial charge in [-0.25, -0.2) is 0 Å². The minimum Gasteiger partial charge on any atom is -0.398 e. The smallest absolute Gasteiger partial charge is 0.257 e. The Bertz CT molecular complexity index is 1000. The maximum absolute atomic E-state index is 13.1. The number of anilines is 3. The van der Waals surface area contributed by atoms with Gasteiger partial charge in [0.1, 0.15) is 0 Å². The van der Waals surface area contributed by atoms with Crippen molar-refractivity contribution in [3.05, 3.63) is 53.1 Å². The Hall–Kier alpha value is -3.06. The second kappa shape index (κ2) is 8.59. The number of benzene rings is 2. The summed E-state index contributed by atoms with van der Waals surface area (Å²) in [4.78, 5) is 30.1. The van der Waals surface area contributed by atoms with Gasteiger partial charge in [0.05, 0.1) is 5.56 Å². The number of nitrogens with one attached hydrogen (secondary N) is 2. The van der Waals surface area contributed by atoms with Crippen LogP contribution in [0.25, 0.3) is 0 Å². The molecule has 0 aromatic heterocycles. The summed E-state index contributed by atoms with van der Waals surface area (Å²) in [6.45, 7) is 6.89. The van der Waals surface area contributed by atoms with Crippen LogP contribution in [0.5, 0.6) is 0 Å². The Labute approximate surface area is 183 Å². The van der Waals surface area contributed by atoms with Crippen LogP contribution in [0.1, 0.15) is 46.0 Å². The van der Waals surface area contributed by atoms with Crippen LogP contribution in [0.3, 0.4) is 0 Å². The quantitative estimate of drug-likeness (QED) is 0.646. The molecule has 0 radical (unpaired) electrons. The molecule has 2 fully saturated rings. The van der Waals surface area contributed by atoms with Gasteiger partial charge in [-0.1, -0.05) is 6.07 Å². The third-order valence-electron chi connectivity index (χ3n) is 6.27. The molecule has 1 heterocycles. The number of hydrogen-bond donors (Lipinski definition) is 3. The Morgan fingerprint density at radius 2 is 1.84 bits per heavy atom. The summed E-state index contributed by atoms with van der Waals surface area (Å²) in [5, 5.41) is 5.93. The number of piperazine rings is 1. The Morgan fingerprint density at radius 1 is 1.06 bits per heavy atom. The monoisotopic (exact) mass is 421 g/mol. The first-order chi connectivity index (χ1) is 14.8. The molecule has 1 saturated heterocycles. The normalized spacial score (nSPS) is 19.2. The molecule has 2 aromatic carbocycles. The molecule has 0 spiro atoms. The first-order valence-electron chi connectivity index (χ1n) is 10.9. The topological polar surface area (TPSA) is 90.7 Å². The van der Waals surface area contributed by atoms with Crippen LogP contribution < -0.4 is 21.3 Å². The zero-order chi connectivity index (χ0) is 22.1. The second-order valence-corrected chi connectivity index (χ2v) is 8.78. The standard InChI is InChI=1S/C24H31N5O2/c1-15-4-5-17(23(30)26-18-6-7-18)12-22(15)27-24(31)20-13-19(8-9-21(20)25)29-11-10-28(3)16(2)14-29/h4-5,8-9,12-13,16,18H,6-7,10-11,14,25H2,1-3H3,(H,26,30)(H,27,31)/t16-/m1/s1. The molecule has 4 N–H and O–H groups in total. The number of amides is 2. The van der Waals surface area contributed by atoms with Crippen molar-refractivity contribution in [3.8, 4) is 0 Å². The van der Waals surface area contributed by atoms with E-state index in [2.05, 4.69) is 34.4 Å². The van der Waals surface area contributed by atoms with Gasteiger partial charge in [-0.05, 0) is 69.6 Å². The van der Waals surface area contributed by atoms with Crippen molar-refractivity contribution >= 4 is 28.9 Å². The molecule has 7 nitrogen and oxygen atoms in total. The Kier molecular flexibility index (Phi) is 5.87. The number of nitrogens with two attached hydrogens (primary N) is 1. The molecule has 7 heteroatoms. The highest BCUT2D eigenvalue weighted by Crippen LogP contribution is 2.26. The molecular formula is C24H31N5O2. The number of hydrogen-bond acceptors (Lipinski definition) is 5. The summed E-state index contributed by atoms with van der Waals surface area (Å²) in [7, 11) is 2.13. The largest absolute Gasteiger partial charge is 0.398 e. The lowest BCUT2D eigenvalue weighted by Crippen LogP contribution is -2.50. The van der Waals surface area contributed by atoms with Crippen molar-refractivity contribution < 1.29 is 9.59 Å². The van der Waals surface area contributed by atoms with E-state index in [0.29, 0.717) is 28.5 Å². The van der Waals surface area contributed by atoms with Crippen LogP contribution in [-0.4, -0.2) is 55.5 Å². The third kappa shape index (κ3) is 4.82. The maximum Gasteiger partial charge on any atom is 0.257 e. The Balaban J connectivity index is 1.52. The lowest BCUT2D eigenvalue weighted by molar-refractivity contribution is 0.0949. The summed E-state index contributed by atoms with van der Waals surface area (Å²) < 4.78 is 0. The number of rotatable bonds is 5. The van der Waals surface area contributed by atoms with Crippen LogP contribution in [0.15, 0.2) is 36.4 Å². The molecule has 2 aromatic rings. The maximum atomic E-state index is 13.1. The molecule has 164 valence electrons. The van der Waals surface area contributed by atoms with Gasteiger partial charge < -0.3 is 26.2 Å². The molecule has 4 rings (SSSR count). The number of likely N-dealkylation sites (N-methyl/N-ethyl adjacent to an activating group) is 1. The zero-order valence-corrected chi connectivity index (χ0v) is 18.4. The van der Waals surface area contributed by atoms with Crippen molar-refractivity contribution in [1.82, 2.24) is 10.2 Å². The van der Waals surface area contributed by atoms with E-state index in [1.807, 2.05) is 25.1 Å². The van der Waals surface area contributed by atoms with E-state index in [1.54, 1.807) is 18.2 Å². The molecule has 1 aliphatic carbocycles. The van der Waals surface area contributed by atoms with Gasteiger partial charge in [-0.15, -0.1) is 0 Å². The predicted molar refractivity (Wildman–Crippen MR) is 125 cm³/mol. The first kappa shape index (κ1) is 21.2. The fraction of sp³-hybridized carbons (Fsp3) is 0.417.